The Morgan fingerprint density at radius 2 is 1.92 bits per heavy atom. The SMILES string of the molecule is CC[C@H](CNC(=O)[C@@H](C)Oc1ccc([N+](=O)[O-])c(C)c1)c1ccccc1. The third-order valence-electron chi connectivity index (χ3n) is 4.33. The van der Waals surface area contributed by atoms with Crippen molar-refractivity contribution in [2.45, 2.75) is 39.2 Å². The Morgan fingerprint density at radius 3 is 2.50 bits per heavy atom. The first-order valence-corrected chi connectivity index (χ1v) is 8.66. The summed E-state index contributed by atoms with van der Waals surface area (Å²) in [6.45, 7) is 5.92. The summed E-state index contributed by atoms with van der Waals surface area (Å²) in [6.07, 6.45) is 0.227. The van der Waals surface area contributed by atoms with Gasteiger partial charge in [0.25, 0.3) is 11.6 Å². The van der Waals surface area contributed by atoms with Crippen LogP contribution in [0.4, 0.5) is 5.69 Å². The Kier molecular flexibility index (Phi) is 6.72. The summed E-state index contributed by atoms with van der Waals surface area (Å²) in [7, 11) is 0. The van der Waals surface area contributed by atoms with Crippen molar-refractivity contribution in [3.8, 4) is 5.75 Å². The van der Waals surface area contributed by atoms with Gasteiger partial charge in [0, 0.05) is 24.1 Å². The van der Waals surface area contributed by atoms with Crippen LogP contribution in [0, 0.1) is 17.0 Å². The fraction of sp³-hybridized carbons (Fsp3) is 0.350. The summed E-state index contributed by atoms with van der Waals surface area (Å²) in [5.74, 6) is 0.468. The number of hydrogen-bond acceptors (Lipinski definition) is 4. The number of carbonyl (C=O) groups excluding carboxylic acids is 1. The van der Waals surface area contributed by atoms with Gasteiger partial charge in [-0.05, 0) is 38.0 Å². The molecule has 2 aromatic carbocycles. The first kappa shape index (κ1) is 19.4. The third kappa shape index (κ3) is 5.05. The Balaban J connectivity index is 1.93. The molecule has 0 aliphatic heterocycles. The maximum atomic E-state index is 12.3. The first-order valence-electron chi connectivity index (χ1n) is 8.66. The second-order valence-corrected chi connectivity index (χ2v) is 6.23. The molecule has 0 unspecified atom stereocenters. The third-order valence-corrected chi connectivity index (χ3v) is 4.33. The number of rotatable bonds is 8. The quantitative estimate of drug-likeness (QED) is 0.573. The summed E-state index contributed by atoms with van der Waals surface area (Å²) >= 11 is 0. The van der Waals surface area contributed by atoms with Crippen molar-refractivity contribution in [2.75, 3.05) is 6.54 Å². The van der Waals surface area contributed by atoms with Crippen molar-refractivity contribution in [3.05, 3.63) is 69.8 Å². The van der Waals surface area contributed by atoms with Gasteiger partial charge in [0.1, 0.15) is 5.75 Å². The van der Waals surface area contributed by atoms with Crippen molar-refractivity contribution in [1.82, 2.24) is 5.32 Å². The highest BCUT2D eigenvalue weighted by atomic mass is 16.6. The molecular weight excluding hydrogens is 332 g/mol. The number of carbonyl (C=O) groups is 1. The molecule has 0 spiro atoms. The first-order chi connectivity index (χ1) is 12.4. The van der Waals surface area contributed by atoms with E-state index in [1.807, 2.05) is 18.2 Å². The number of nitrogens with one attached hydrogen (secondary N) is 1. The van der Waals surface area contributed by atoms with Gasteiger partial charge in [0.15, 0.2) is 6.10 Å². The van der Waals surface area contributed by atoms with Crippen LogP contribution in [0.15, 0.2) is 48.5 Å². The number of nitrogens with zero attached hydrogens (tertiary/aromatic N) is 1. The predicted molar refractivity (Wildman–Crippen MR) is 100 cm³/mol. The van der Waals surface area contributed by atoms with Crippen LogP contribution in [0.25, 0.3) is 0 Å². The van der Waals surface area contributed by atoms with E-state index in [9.17, 15) is 14.9 Å². The molecule has 0 radical (unpaired) electrons. The van der Waals surface area contributed by atoms with Gasteiger partial charge in [0.05, 0.1) is 4.92 Å². The number of aryl methyl sites for hydroxylation is 1. The van der Waals surface area contributed by atoms with Gasteiger partial charge in [-0.15, -0.1) is 0 Å². The van der Waals surface area contributed by atoms with E-state index < -0.39 is 11.0 Å². The van der Waals surface area contributed by atoms with E-state index in [4.69, 9.17) is 4.74 Å². The highest BCUT2D eigenvalue weighted by molar-refractivity contribution is 5.80. The van der Waals surface area contributed by atoms with Crippen LogP contribution in [0.3, 0.4) is 0 Å². The molecule has 26 heavy (non-hydrogen) atoms. The van der Waals surface area contributed by atoms with Crippen molar-refractivity contribution in [1.29, 1.82) is 0 Å². The van der Waals surface area contributed by atoms with Crippen molar-refractivity contribution < 1.29 is 14.5 Å². The molecule has 0 bridgehead atoms. The van der Waals surface area contributed by atoms with E-state index in [1.54, 1.807) is 19.9 Å². The van der Waals surface area contributed by atoms with Gasteiger partial charge in [0.2, 0.25) is 0 Å². The van der Waals surface area contributed by atoms with Crippen LogP contribution in [0.2, 0.25) is 0 Å². The molecule has 138 valence electrons. The fourth-order valence-electron chi connectivity index (χ4n) is 2.75. The average Bonchev–Trinajstić information content (AvgIpc) is 2.62. The fourth-order valence-corrected chi connectivity index (χ4v) is 2.75. The summed E-state index contributed by atoms with van der Waals surface area (Å²) in [6, 6.07) is 14.5. The zero-order chi connectivity index (χ0) is 19.1. The van der Waals surface area contributed by atoms with Gasteiger partial charge in [-0.25, -0.2) is 0 Å². The second kappa shape index (κ2) is 8.99. The number of ether oxygens (including phenoxy) is 1. The standard InChI is InChI=1S/C20H24N2O4/c1-4-16(17-8-6-5-7-9-17)13-21-20(23)15(3)26-18-10-11-19(22(24)25)14(2)12-18/h5-12,15-16H,4,13H2,1-3H3,(H,21,23)/t15-,16-/m1/s1. The Morgan fingerprint density at radius 1 is 1.23 bits per heavy atom. The van der Waals surface area contributed by atoms with E-state index in [0.29, 0.717) is 17.9 Å². The van der Waals surface area contributed by atoms with Gasteiger partial charge >= 0.3 is 0 Å². The highest BCUT2D eigenvalue weighted by Gasteiger charge is 2.18. The lowest BCUT2D eigenvalue weighted by atomic mass is 9.96. The Hall–Kier alpha value is -2.89. The largest absolute Gasteiger partial charge is 0.481 e. The van der Waals surface area contributed by atoms with E-state index in [-0.39, 0.29) is 17.5 Å². The monoisotopic (exact) mass is 356 g/mol. The normalized spacial score (nSPS) is 12.9. The minimum Gasteiger partial charge on any atom is -0.481 e. The van der Waals surface area contributed by atoms with Crippen LogP contribution >= 0.6 is 0 Å². The van der Waals surface area contributed by atoms with Crippen LogP contribution < -0.4 is 10.1 Å². The number of nitro benzene ring substituents is 1. The van der Waals surface area contributed by atoms with Crippen molar-refractivity contribution >= 4 is 11.6 Å². The van der Waals surface area contributed by atoms with Gasteiger partial charge in [-0.3, -0.25) is 14.9 Å². The summed E-state index contributed by atoms with van der Waals surface area (Å²) in [5.41, 5.74) is 1.72. The Labute approximate surface area is 153 Å². The summed E-state index contributed by atoms with van der Waals surface area (Å²) < 4.78 is 5.63. The molecule has 2 atom stereocenters. The molecule has 6 heteroatoms. The lowest BCUT2D eigenvalue weighted by Crippen LogP contribution is -2.38. The maximum absolute atomic E-state index is 12.3. The molecule has 1 N–H and O–H groups in total. The minimum absolute atomic E-state index is 0.0307. The molecule has 0 aromatic heterocycles. The molecule has 2 aromatic rings. The zero-order valence-electron chi connectivity index (χ0n) is 15.3. The number of hydrogen-bond donors (Lipinski definition) is 1. The molecule has 6 nitrogen and oxygen atoms in total. The summed E-state index contributed by atoms with van der Waals surface area (Å²) in [5, 5.41) is 13.8. The lowest BCUT2D eigenvalue weighted by Gasteiger charge is -2.19. The predicted octanol–water partition coefficient (Wildman–Crippen LogP) is 3.98. The van der Waals surface area contributed by atoms with Crippen LogP contribution in [0.5, 0.6) is 5.75 Å². The van der Waals surface area contributed by atoms with Gasteiger partial charge in [-0.1, -0.05) is 37.3 Å². The van der Waals surface area contributed by atoms with Gasteiger partial charge < -0.3 is 10.1 Å². The molecule has 0 saturated carbocycles. The molecular formula is C20H24N2O4. The number of nitro groups is 1. The lowest BCUT2D eigenvalue weighted by molar-refractivity contribution is -0.385. The molecule has 0 fully saturated rings. The van der Waals surface area contributed by atoms with Crippen molar-refractivity contribution in [3.63, 3.8) is 0 Å². The molecule has 0 heterocycles. The van der Waals surface area contributed by atoms with Crippen LogP contribution in [-0.4, -0.2) is 23.5 Å². The summed E-state index contributed by atoms with van der Waals surface area (Å²) in [4.78, 5) is 22.7. The maximum Gasteiger partial charge on any atom is 0.272 e. The number of benzene rings is 2. The number of amides is 1. The molecule has 0 saturated heterocycles. The van der Waals surface area contributed by atoms with Crippen molar-refractivity contribution in [2.24, 2.45) is 0 Å². The van der Waals surface area contributed by atoms with E-state index in [1.165, 1.54) is 17.7 Å². The van der Waals surface area contributed by atoms with E-state index in [0.717, 1.165) is 6.42 Å². The zero-order valence-corrected chi connectivity index (χ0v) is 15.3. The van der Waals surface area contributed by atoms with E-state index in [2.05, 4.69) is 24.4 Å². The van der Waals surface area contributed by atoms with Crippen LogP contribution in [0.1, 0.15) is 37.3 Å². The minimum atomic E-state index is -0.691. The second-order valence-electron chi connectivity index (χ2n) is 6.23. The topological polar surface area (TPSA) is 81.5 Å². The van der Waals surface area contributed by atoms with Gasteiger partial charge in [-0.2, -0.15) is 0 Å². The molecule has 2 rings (SSSR count). The highest BCUT2D eigenvalue weighted by Crippen LogP contribution is 2.24. The molecule has 1 amide bonds. The smallest absolute Gasteiger partial charge is 0.272 e. The Bertz CT molecular complexity index is 762. The average molecular weight is 356 g/mol. The molecule has 0 aliphatic rings. The van der Waals surface area contributed by atoms with Crippen LogP contribution in [-0.2, 0) is 4.79 Å². The molecule has 0 aliphatic carbocycles. The van der Waals surface area contributed by atoms with E-state index >= 15 is 0 Å².